The third kappa shape index (κ3) is 3.57. The smallest absolute Gasteiger partial charge is 0.282 e. The molecule has 0 aliphatic rings. The molecule has 1 N–H and O–H groups in total. The first kappa shape index (κ1) is 18.0. The van der Waals surface area contributed by atoms with Crippen LogP contribution in [0.4, 0.5) is 17.6 Å². The fraction of sp³-hybridized carbons (Fsp3) is 0.500. The van der Waals surface area contributed by atoms with Crippen LogP contribution in [0.5, 0.6) is 0 Å². The first-order valence-corrected chi connectivity index (χ1v) is 7.13. The highest BCUT2D eigenvalue weighted by atomic mass is 19.3. The average Bonchev–Trinajstić information content (AvgIpc) is 3.10. The van der Waals surface area contributed by atoms with E-state index in [2.05, 4.69) is 15.5 Å². The Hall–Kier alpha value is -2.39. The van der Waals surface area contributed by atoms with Crippen LogP contribution in [0.25, 0.3) is 0 Å². The molecule has 2 rings (SSSR count). The number of nitrogens with one attached hydrogen (secondary N) is 1. The molecule has 0 aliphatic carbocycles. The molecule has 0 aromatic carbocycles. The van der Waals surface area contributed by atoms with Crippen LogP contribution in [0.1, 0.15) is 48.5 Å². The van der Waals surface area contributed by atoms with Crippen LogP contribution in [0.2, 0.25) is 0 Å². The number of rotatable bonds is 6. The van der Waals surface area contributed by atoms with Crippen LogP contribution in [0, 0.1) is 6.92 Å². The predicted octanol–water partition coefficient (Wildman–Crippen LogP) is 2.68. The van der Waals surface area contributed by atoms with E-state index < -0.39 is 36.2 Å². The van der Waals surface area contributed by atoms with Gasteiger partial charge in [-0.1, -0.05) is 0 Å². The van der Waals surface area contributed by atoms with E-state index in [1.165, 1.54) is 6.92 Å². The number of aryl methyl sites for hydroxylation is 1. The zero-order chi connectivity index (χ0) is 18.0. The lowest BCUT2D eigenvalue weighted by atomic mass is 10.2. The minimum Gasteiger partial charge on any atom is -0.350 e. The molecule has 0 fully saturated rings. The third-order valence-electron chi connectivity index (χ3n) is 3.77. The maximum atomic E-state index is 13.0. The van der Waals surface area contributed by atoms with Gasteiger partial charge >= 0.3 is 0 Å². The summed E-state index contributed by atoms with van der Waals surface area (Å²) in [6.07, 6.45) is -4.42. The molecule has 24 heavy (non-hydrogen) atoms. The summed E-state index contributed by atoms with van der Waals surface area (Å²) in [5.41, 5.74) is 0.106. The summed E-state index contributed by atoms with van der Waals surface area (Å²) < 4.78 is 53.6. The van der Waals surface area contributed by atoms with Crippen LogP contribution in [0.15, 0.2) is 12.3 Å². The minimum atomic E-state index is -3.01. The van der Waals surface area contributed by atoms with E-state index in [0.29, 0.717) is 10.7 Å². The number of halogens is 4. The standard InChI is InChI=1S/C14H17F4N5O/c1-7-9(6-20-22(7)3)5-19-14(24)8(2)23-11(13(17)18)4-10(21-23)12(15)16/h4,6,8,12-13H,5H2,1-3H3,(H,19,24). The van der Waals surface area contributed by atoms with Gasteiger partial charge in [0.05, 0.1) is 6.20 Å². The first-order chi connectivity index (χ1) is 11.2. The van der Waals surface area contributed by atoms with Gasteiger partial charge in [0.1, 0.15) is 17.4 Å². The Bertz CT molecular complexity index is 725. The van der Waals surface area contributed by atoms with Gasteiger partial charge in [-0.05, 0) is 19.9 Å². The molecule has 132 valence electrons. The molecule has 10 heteroatoms. The van der Waals surface area contributed by atoms with Crippen molar-refractivity contribution in [3.8, 4) is 0 Å². The molecular weight excluding hydrogens is 330 g/mol. The van der Waals surface area contributed by atoms with E-state index >= 15 is 0 Å². The second kappa shape index (κ2) is 7.02. The van der Waals surface area contributed by atoms with Gasteiger partial charge in [-0.2, -0.15) is 10.2 Å². The molecule has 2 aromatic heterocycles. The van der Waals surface area contributed by atoms with Crippen molar-refractivity contribution in [2.45, 2.75) is 39.3 Å². The monoisotopic (exact) mass is 347 g/mol. The molecule has 2 aromatic rings. The average molecular weight is 347 g/mol. The number of hydrogen-bond acceptors (Lipinski definition) is 3. The van der Waals surface area contributed by atoms with Crippen molar-refractivity contribution in [3.63, 3.8) is 0 Å². The summed E-state index contributed by atoms with van der Waals surface area (Å²) in [7, 11) is 1.74. The van der Waals surface area contributed by atoms with E-state index in [1.54, 1.807) is 17.9 Å². The van der Waals surface area contributed by atoms with Crippen LogP contribution >= 0.6 is 0 Å². The largest absolute Gasteiger partial charge is 0.350 e. The fourth-order valence-electron chi connectivity index (χ4n) is 2.17. The molecule has 0 bridgehead atoms. The Morgan fingerprint density at radius 2 is 1.96 bits per heavy atom. The highest BCUT2D eigenvalue weighted by Gasteiger charge is 2.26. The topological polar surface area (TPSA) is 64.7 Å². The van der Waals surface area contributed by atoms with Gasteiger partial charge in [-0.15, -0.1) is 0 Å². The van der Waals surface area contributed by atoms with E-state index in [1.807, 2.05) is 6.92 Å². The maximum absolute atomic E-state index is 13.0. The van der Waals surface area contributed by atoms with Crippen molar-refractivity contribution < 1.29 is 22.4 Å². The summed E-state index contributed by atoms with van der Waals surface area (Å²) in [6, 6.07) is -0.539. The lowest BCUT2D eigenvalue weighted by Crippen LogP contribution is -2.32. The van der Waals surface area contributed by atoms with Crippen molar-refractivity contribution >= 4 is 5.91 Å². The maximum Gasteiger partial charge on any atom is 0.282 e. The molecule has 0 spiro atoms. The Morgan fingerprint density at radius 3 is 2.46 bits per heavy atom. The number of hydrogen-bond donors (Lipinski definition) is 1. The normalized spacial score (nSPS) is 12.9. The Labute approximate surface area is 135 Å². The zero-order valence-corrected chi connectivity index (χ0v) is 13.3. The van der Waals surface area contributed by atoms with Gasteiger partial charge in [0.25, 0.3) is 12.9 Å². The number of alkyl halides is 4. The van der Waals surface area contributed by atoms with Crippen LogP contribution in [-0.2, 0) is 18.4 Å². The number of aromatic nitrogens is 4. The minimum absolute atomic E-state index is 0.149. The summed E-state index contributed by atoms with van der Waals surface area (Å²) in [5, 5.41) is 10.0. The highest BCUT2D eigenvalue weighted by molar-refractivity contribution is 5.79. The molecular formula is C14H17F4N5O. The molecule has 1 atom stereocenters. The lowest BCUT2D eigenvalue weighted by molar-refractivity contribution is -0.124. The SMILES string of the molecule is Cc1c(CNC(=O)C(C)n2nc(C(F)F)cc2C(F)F)cnn1C. The van der Waals surface area contributed by atoms with E-state index in [4.69, 9.17) is 0 Å². The predicted molar refractivity (Wildman–Crippen MR) is 76.6 cm³/mol. The number of carbonyl (C=O) groups excluding carboxylic acids is 1. The van der Waals surface area contributed by atoms with E-state index in [-0.39, 0.29) is 6.54 Å². The van der Waals surface area contributed by atoms with Gasteiger partial charge in [0, 0.05) is 24.8 Å². The quantitative estimate of drug-likeness (QED) is 0.817. The summed E-state index contributed by atoms with van der Waals surface area (Å²) >= 11 is 0. The number of carbonyl (C=O) groups is 1. The van der Waals surface area contributed by atoms with Crippen LogP contribution < -0.4 is 5.32 Å². The summed E-state index contributed by atoms with van der Waals surface area (Å²) in [5.74, 6) is -0.607. The fourth-order valence-corrected chi connectivity index (χ4v) is 2.17. The number of amides is 1. The summed E-state index contributed by atoms with van der Waals surface area (Å²) in [4.78, 5) is 12.2. The molecule has 0 aliphatic heterocycles. The van der Waals surface area contributed by atoms with E-state index in [9.17, 15) is 22.4 Å². The van der Waals surface area contributed by atoms with E-state index in [0.717, 1.165) is 11.3 Å². The highest BCUT2D eigenvalue weighted by Crippen LogP contribution is 2.27. The summed E-state index contributed by atoms with van der Waals surface area (Å²) in [6.45, 7) is 3.28. The van der Waals surface area contributed by atoms with Crippen molar-refractivity contribution in [1.82, 2.24) is 24.9 Å². The second-order valence-electron chi connectivity index (χ2n) is 5.31. The third-order valence-corrected chi connectivity index (χ3v) is 3.77. The van der Waals surface area contributed by atoms with Crippen molar-refractivity contribution in [3.05, 3.63) is 34.9 Å². The van der Waals surface area contributed by atoms with Crippen molar-refractivity contribution in [2.24, 2.45) is 7.05 Å². The lowest BCUT2D eigenvalue weighted by Gasteiger charge is -2.15. The van der Waals surface area contributed by atoms with Gasteiger partial charge in [0.2, 0.25) is 5.91 Å². The van der Waals surface area contributed by atoms with Gasteiger partial charge in [0.15, 0.2) is 0 Å². The van der Waals surface area contributed by atoms with Gasteiger partial charge in [-0.3, -0.25) is 14.2 Å². The Morgan fingerprint density at radius 1 is 1.29 bits per heavy atom. The van der Waals surface area contributed by atoms with Crippen molar-refractivity contribution in [2.75, 3.05) is 0 Å². The molecule has 0 saturated heterocycles. The molecule has 1 amide bonds. The molecule has 0 saturated carbocycles. The van der Waals surface area contributed by atoms with Crippen molar-refractivity contribution in [1.29, 1.82) is 0 Å². The Balaban J connectivity index is 2.14. The number of nitrogens with zero attached hydrogens (tertiary/aromatic N) is 4. The second-order valence-corrected chi connectivity index (χ2v) is 5.31. The first-order valence-electron chi connectivity index (χ1n) is 7.13. The van der Waals surface area contributed by atoms with Gasteiger partial charge < -0.3 is 5.32 Å². The molecule has 6 nitrogen and oxygen atoms in total. The van der Waals surface area contributed by atoms with Crippen LogP contribution in [0.3, 0.4) is 0 Å². The van der Waals surface area contributed by atoms with Crippen LogP contribution in [-0.4, -0.2) is 25.5 Å². The molecule has 1 unspecified atom stereocenters. The van der Waals surface area contributed by atoms with Gasteiger partial charge in [-0.25, -0.2) is 17.6 Å². The molecule has 0 radical (unpaired) electrons. The molecule has 2 heterocycles. The zero-order valence-electron chi connectivity index (χ0n) is 13.3. The Kier molecular flexibility index (Phi) is 5.25.